The number of thiophene rings is 1. The smallest absolute Gasteiger partial charge is 0.180 e. The number of aromatic nitrogens is 5. The van der Waals surface area contributed by atoms with Crippen LogP contribution in [0.2, 0.25) is 0 Å². The zero-order valence-electron chi connectivity index (χ0n) is 16.1. The van der Waals surface area contributed by atoms with Gasteiger partial charge in [0.1, 0.15) is 0 Å². The van der Waals surface area contributed by atoms with E-state index in [1.807, 2.05) is 54.1 Å². The Hall–Kier alpha value is -2.71. The fraction of sp³-hybridized carbons (Fsp3) is 0.350. The van der Waals surface area contributed by atoms with Crippen molar-refractivity contribution in [3.05, 3.63) is 52.9 Å². The van der Waals surface area contributed by atoms with Crippen LogP contribution in [0.1, 0.15) is 10.4 Å². The molecule has 0 bridgehead atoms. The van der Waals surface area contributed by atoms with E-state index in [1.165, 1.54) is 10.4 Å². The van der Waals surface area contributed by atoms with Gasteiger partial charge in [-0.05, 0) is 23.9 Å². The molecule has 0 spiro atoms. The van der Waals surface area contributed by atoms with Gasteiger partial charge >= 0.3 is 0 Å². The van der Waals surface area contributed by atoms with Gasteiger partial charge in [-0.3, -0.25) is 14.0 Å². The number of nitrogens with zero attached hydrogens (tertiary/aromatic N) is 7. The molecule has 0 radical (unpaired) electrons. The molecule has 0 amide bonds. The first-order chi connectivity index (χ1) is 13.7. The number of rotatable bonds is 4. The zero-order valence-corrected chi connectivity index (χ0v) is 16.9. The third-order valence-corrected chi connectivity index (χ3v) is 6.43. The van der Waals surface area contributed by atoms with Gasteiger partial charge in [-0.2, -0.15) is 5.10 Å². The van der Waals surface area contributed by atoms with Crippen molar-refractivity contribution in [2.45, 2.75) is 13.5 Å². The van der Waals surface area contributed by atoms with Crippen LogP contribution in [0, 0.1) is 6.92 Å². The quantitative estimate of drug-likeness (QED) is 0.534. The molecule has 0 N–H and O–H groups in total. The number of imidazole rings is 1. The van der Waals surface area contributed by atoms with Crippen LogP contribution >= 0.6 is 11.3 Å². The Balaban J connectivity index is 1.36. The molecule has 28 heavy (non-hydrogen) atoms. The van der Waals surface area contributed by atoms with Crippen molar-refractivity contribution in [1.29, 1.82) is 0 Å². The van der Waals surface area contributed by atoms with E-state index in [1.54, 1.807) is 0 Å². The molecule has 5 rings (SSSR count). The largest absolute Gasteiger partial charge is 0.351 e. The molecule has 4 aromatic rings. The Morgan fingerprint density at radius 2 is 1.96 bits per heavy atom. The van der Waals surface area contributed by atoms with Crippen molar-refractivity contribution in [2.24, 2.45) is 7.05 Å². The molecule has 0 atom stereocenters. The predicted molar refractivity (Wildman–Crippen MR) is 112 cm³/mol. The van der Waals surface area contributed by atoms with Crippen molar-refractivity contribution in [3.63, 3.8) is 0 Å². The molecule has 7 nitrogen and oxygen atoms in total. The molecule has 1 fully saturated rings. The van der Waals surface area contributed by atoms with E-state index < -0.39 is 0 Å². The van der Waals surface area contributed by atoms with Gasteiger partial charge < -0.3 is 4.90 Å². The average molecular weight is 394 g/mol. The molecular weight excluding hydrogens is 370 g/mol. The predicted octanol–water partition coefficient (Wildman–Crippen LogP) is 2.82. The first-order valence-corrected chi connectivity index (χ1v) is 10.4. The van der Waals surface area contributed by atoms with Crippen LogP contribution in [0.15, 0.2) is 42.4 Å². The Morgan fingerprint density at radius 1 is 1.11 bits per heavy atom. The van der Waals surface area contributed by atoms with E-state index in [0.717, 1.165) is 55.4 Å². The highest BCUT2D eigenvalue weighted by molar-refractivity contribution is 7.10. The number of fused-ring (bicyclic) bond motifs is 1. The maximum Gasteiger partial charge on any atom is 0.180 e. The molecule has 0 aliphatic carbocycles. The summed E-state index contributed by atoms with van der Waals surface area (Å²) in [6.45, 7) is 7.25. The number of aryl methyl sites for hydroxylation is 2. The second-order valence-corrected chi connectivity index (χ2v) is 8.28. The van der Waals surface area contributed by atoms with Crippen molar-refractivity contribution in [2.75, 3.05) is 31.1 Å². The molecule has 5 heterocycles. The van der Waals surface area contributed by atoms with Crippen LogP contribution in [0.5, 0.6) is 0 Å². The lowest BCUT2D eigenvalue weighted by Gasteiger charge is -2.35. The van der Waals surface area contributed by atoms with E-state index >= 15 is 0 Å². The summed E-state index contributed by atoms with van der Waals surface area (Å²) in [7, 11) is 1.93. The first-order valence-electron chi connectivity index (χ1n) is 9.50. The molecular formula is C20H23N7S. The number of anilines is 1. The van der Waals surface area contributed by atoms with Crippen molar-refractivity contribution in [1.82, 2.24) is 29.0 Å². The summed E-state index contributed by atoms with van der Waals surface area (Å²) in [5.74, 6) is 0.963. The van der Waals surface area contributed by atoms with E-state index in [2.05, 4.69) is 47.6 Å². The third kappa shape index (κ3) is 3.08. The third-order valence-electron chi connectivity index (χ3n) is 5.42. The fourth-order valence-electron chi connectivity index (χ4n) is 3.78. The molecule has 1 aliphatic heterocycles. The van der Waals surface area contributed by atoms with Gasteiger partial charge in [-0.15, -0.1) is 11.3 Å². The van der Waals surface area contributed by atoms with Crippen LogP contribution in [-0.2, 0) is 13.6 Å². The second kappa shape index (κ2) is 7.03. The lowest BCUT2D eigenvalue weighted by Crippen LogP contribution is -2.46. The van der Waals surface area contributed by atoms with Crippen LogP contribution in [-0.4, -0.2) is 55.2 Å². The molecule has 8 heteroatoms. The minimum atomic E-state index is 0.906. The Bertz CT molecular complexity index is 1100. The number of hydrogen-bond donors (Lipinski definition) is 0. The summed E-state index contributed by atoms with van der Waals surface area (Å²) in [6.07, 6.45) is 9.63. The van der Waals surface area contributed by atoms with E-state index in [4.69, 9.17) is 0 Å². The molecule has 144 valence electrons. The summed E-state index contributed by atoms with van der Waals surface area (Å²) in [6, 6.07) is 2.21. The first kappa shape index (κ1) is 17.4. The van der Waals surface area contributed by atoms with Gasteiger partial charge in [0, 0.05) is 68.8 Å². The Kier molecular flexibility index (Phi) is 4.37. The molecule has 0 aromatic carbocycles. The minimum absolute atomic E-state index is 0.906. The highest BCUT2D eigenvalue weighted by Crippen LogP contribution is 2.26. The molecule has 4 aromatic heterocycles. The summed E-state index contributed by atoms with van der Waals surface area (Å²) in [4.78, 5) is 15.7. The van der Waals surface area contributed by atoms with E-state index in [9.17, 15) is 0 Å². The second-order valence-electron chi connectivity index (χ2n) is 7.28. The highest BCUT2D eigenvalue weighted by atomic mass is 32.1. The molecule has 1 saturated heterocycles. The molecule has 0 saturated carbocycles. The SMILES string of the molecule is Cc1ccsc1CN1CCN(c2nccn3c(-c4cnn(C)c4)cnc23)CC1. The van der Waals surface area contributed by atoms with Gasteiger partial charge in [0.2, 0.25) is 0 Å². The maximum atomic E-state index is 4.68. The van der Waals surface area contributed by atoms with Crippen LogP contribution in [0.25, 0.3) is 16.9 Å². The average Bonchev–Trinajstić information content (AvgIpc) is 3.42. The standard InChI is InChI=1S/C20H23N7S/c1-15-3-10-28-18(15)14-25-6-8-26(9-7-25)19-20-22-12-17(27(20)5-4-21-19)16-11-23-24(2)13-16/h3-5,10-13H,6-9,14H2,1-2H3. The van der Waals surface area contributed by atoms with Crippen molar-refractivity contribution in [3.8, 4) is 11.3 Å². The van der Waals surface area contributed by atoms with Crippen LogP contribution in [0.4, 0.5) is 5.82 Å². The van der Waals surface area contributed by atoms with Crippen LogP contribution in [0.3, 0.4) is 0 Å². The van der Waals surface area contributed by atoms with Gasteiger partial charge in [-0.1, -0.05) is 0 Å². The van der Waals surface area contributed by atoms with Crippen molar-refractivity contribution < 1.29 is 0 Å². The molecule has 1 aliphatic rings. The Labute approximate surface area is 167 Å². The minimum Gasteiger partial charge on any atom is -0.351 e. The zero-order chi connectivity index (χ0) is 19.1. The van der Waals surface area contributed by atoms with Gasteiger partial charge in [-0.25, -0.2) is 9.97 Å². The Morgan fingerprint density at radius 3 is 2.68 bits per heavy atom. The number of hydrogen-bond acceptors (Lipinski definition) is 6. The van der Waals surface area contributed by atoms with Crippen LogP contribution < -0.4 is 4.90 Å². The highest BCUT2D eigenvalue weighted by Gasteiger charge is 2.22. The van der Waals surface area contributed by atoms with E-state index in [0.29, 0.717) is 0 Å². The summed E-state index contributed by atoms with van der Waals surface area (Å²) in [5, 5.41) is 6.47. The summed E-state index contributed by atoms with van der Waals surface area (Å²) >= 11 is 1.86. The maximum absolute atomic E-state index is 4.68. The monoisotopic (exact) mass is 393 g/mol. The molecule has 0 unspecified atom stereocenters. The van der Waals surface area contributed by atoms with Crippen molar-refractivity contribution >= 4 is 22.8 Å². The summed E-state index contributed by atoms with van der Waals surface area (Å²) < 4.78 is 3.92. The lowest BCUT2D eigenvalue weighted by molar-refractivity contribution is 0.251. The van der Waals surface area contributed by atoms with E-state index in [-0.39, 0.29) is 0 Å². The normalized spacial score (nSPS) is 15.6. The van der Waals surface area contributed by atoms with Gasteiger partial charge in [0.25, 0.3) is 0 Å². The van der Waals surface area contributed by atoms with Gasteiger partial charge in [0.15, 0.2) is 11.5 Å². The van der Waals surface area contributed by atoms with Gasteiger partial charge in [0.05, 0.1) is 18.1 Å². The lowest BCUT2D eigenvalue weighted by atomic mass is 10.2. The number of piperazine rings is 1. The fourth-order valence-corrected chi connectivity index (χ4v) is 4.73. The summed E-state index contributed by atoms with van der Waals surface area (Å²) in [5.41, 5.74) is 4.41. The topological polar surface area (TPSA) is 54.5 Å².